The van der Waals surface area contributed by atoms with Gasteiger partial charge in [0, 0.05) is 50.8 Å². The zero-order valence-corrected chi connectivity index (χ0v) is 29.4. The number of unbranched alkanes of at least 4 members (excludes halogenated alkanes) is 3. The maximum Gasteiger partial charge on any atom is 0.278 e. The number of aliphatic imine (C=N–C) groups is 1. The number of imidazole rings is 1. The van der Waals surface area contributed by atoms with Crippen molar-refractivity contribution in [1.82, 2.24) is 25.5 Å². The number of hydrogen-bond donors (Lipinski definition) is 3. The van der Waals surface area contributed by atoms with Gasteiger partial charge in [0.15, 0.2) is 0 Å². The largest absolute Gasteiger partial charge is 0.379 e. The summed E-state index contributed by atoms with van der Waals surface area (Å²) in [4.78, 5) is 54.3. The lowest BCUT2D eigenvalue weighted by atomic mass is 9.85. The van der Waals surface area contributed by atoms with Crippen molar-refractivity contribution in [1.29, 1.82) is 0 Å². The Morgan fingerprint density at radius 3 is 2.43 bits per heavy atom. The molecule has 0 atom stereocenters. The summed E-state index contributed by atoms with van der Waals surface area (Å²) in [6, 6.07) is 7.73. The van der Waals surface area contributed by atoms with Crippen molar-refractivity contribution in [2.24, 2.45) is 10.9 Å². The average Bonchev–Trinajstić information content (AvgIpc) is 3.72. The van der Waals surface area contributed by atoms with Crippen LogP contribution in [0.15, 0.2) is 53.6 Å². The van der Waals surface area contributed by atoms with E-state index in [1.54, 1.807) is 30.8 Å². The predicted octanol–water partition coefficient (Wildman–Crippen LogP) is 4.39. The maximum atomic E-state index is 13.5. The number of hydrogen-bond acceptors (Lipinski definition) is 8. The number of benzene rings is 1. The summed E-state index contributed by atoms with van der Waals surface area (Å²) in [5.41, 5.74) is 2.88. The fourth-order valence-electron chi connectivity index (χ4n) is 5.68. The van der Waals surface area contributed by atoms with Crippen molar-refractivity contribution in [3.05, 3.63) is 59.8 Å². The third-order valence-electron chi connectivity index (χ3n) is 8.47. The smallest absolute Gasteiger partial charge is 0.278 e. The second kappa shape index (κ2) is 20.5. The molecule has 49 heavy (non-hydrogen) atoms. The van der Waals surface area contributed by atoms with E-state index in [-0.39, 0.29) is 41.9 Å². The fourth-order valence-corrected chi connectivity index (χ4v) is 5.87. The zero-order valence-electron chi connectivity index (χ0n) is 28.7. The molecule has 1 aromatic carbocycles. The summed E-state index contributed by atoms with van der Waals surface area (Å²) < 4.78 is 11.1. The SMILES string of the molecule is CN(C)c1ccc(/C=C2N=C(/C=C/c3cnc[nH]3)N(CC(=O)NC3CCC(C(=O)NCCOCCOCCCCCCCl)CC3)C\2=O)cc1. The van der Waals surface area contributed by atoms with E-state index in [0.29, 0.717) is 63.8 Å². The Kier molecular flexibility index (Phi) is 15.8. The molecule has 0 spiro atoms. The number of amides is 3. The molecule has 266 valence electrons. The number of rotatable bonds is 20. The predicted molar refractivity (Wildman–Crippen MR) is 193 cm³/mol. The van der Waals surface area contributed by atoms with Gasteiger partial charge in [-0.15, -0.1) is 11.6 Å². The number of nitrogens with one attached hydrogen (secondary N) is 3. The number of amidine groups is 1. The normalized spacial score (nSPS) is 18.7. The second-order valence-corrected chi connectivity index (χ2v) is 12.8. The van der Waals surface area contributed by atoms with E-state index in [1.807, 2.05) is 43.3 Å². The lowest BCUT2D eigenvalue weighted by Gasteiger charge is -2.29. The van der Waals surface area contributed by atoms with Crippen LogP contribution in [0.2, 0.25) is 0 Å². The lowest BCUT2D eigenvalue weighted by Crippen LogP contribution is -2.46. The lowest BCUT2D eigenvalue weighted by molar-refractivity contribution is -0.129. The van der Waals surface area contributed by atoms with E-state index in [4.69, 9.17) is 21.1 Å². The van der Waals surface area contributed by atoms with E-state index in [2.05, 4.69) is 25.6 Å². The average molecular weight is 696 g/mol. The minimum Gasteiger partial charge on any atom is -0.379 e. The quantitative estimate of drug-likeness (QED) is 0.106. The molecule has 2 heterocycles. The zero-order chi connectivity index (χ0) is 34.8. The first-order valence-electron chi connectivity index (χ1n) is 17.2. The van der Waals surface area contributed by atoms with E-state index in [1.165, 1.54) is 4.90 Å². The third-order valence-corrected chi connectivity index (χ3v) is 8.74. The first-order valence-corrected chi connectivity index (χ1v) is 17.7. The van der Waals surface area contributed by atoms with Crippen LogP contribution in [0.25, 0.3) is 12.2 Å². The highest BCUT2D eigenvalue weighted by atomic mass is 35.5. The molecule has 1 aliphatic carbocycles. The number of carbonyl (C=O) groups is 3. The number of H-pyrrole nitrogens is 1. The summed E-state index contributed by atoms with van der Waals surface area (Å²) in [5.74, 6) is 0.393. The molecule has 2 aliphatic rings. The van der Waals surface area contributed by atoms with Crippen LogP contribution in [0.5, 0.6) is 0 Å². The molecular formula is C36H50ClN7O5. The molecule has 4 rings (SSSR count). The number of alkyl halides is 1. The van der Waals surface area contributed by atoms with Gasteiger partial charge >= 0.3 is 0 Å². The minimum atomic E-state index is -0.346. The van der Waals surface area contributed by atoms with Crippen molar-refractivity contribution in [2.45, 2.75) is 57.4 Å². The van der Waals surface area contributed by atoms with Crippen LogP contribution in [0.3, 0.4) is 0 Å². The number of aromatic nitrogens is 2. The highest BCUT2D eigenvalue weighted by molar-refractivity contribution is 6.19. The van der Waals surface area contributed by atoms with Crippen LogP contribution >= 0.6 is 11.6 Å². The van der Waals surface area contributed by atoms with E-state index in [0.717, 1.165) is 49.2 Å². The second-order valence-electron chi connectivity index (χ2n) is 12.5. The molecule has 1 aliphatic heterocycles. The molecule has 1 saturated carbocycles. The summed E-state index contributed by atoms with van der Waals surface area (Å²) in [6.45, 7) is 2.50. The van der Waals surface area contributed by atoms with Crippen LogP contribution in [0.1, 0.15) is 62.6 Å². The third kappa shape index (κ3) is 12.8. The molecule has 3 amide bonds. The maximum absolute atomic E-state index is 13.5. The number of halogens is 1. The summed E-state index contributed by atoms with van der Waals surface area (Å²) in [7, 11) is 3.93. The van der Waals surface area contributed by atoms with Gasteiger partial charge in [-0.25, -0.2) is 9.98 Å². The molecule has 0 unspecified atom stereocenters. The molecule has 0 bridgehead atoms. The number of aromatic amines is 1. The monoisotopic (exact) mass is 695 g/mol. The van der Waals surface area contributed by atoms with Gasteiger partial charge in [-0.05, 0) is 74.4 Å². The van der Waals surface area contributed by atoms with Crippen LogP contribution in [-0.4, -0.2) is 104 Å². The van der Waals surface area contributed by atoms with Crippen LogP contribution in [-0.2, 0) is 23.9 Å². The summed E-state index contributed by atoms with van der Waals surface area (Å²) >= 11 is 5.68. The van der Waals surface area contributed by atoms with Crippen molar-refractivity contribution in [3.8, 4) is 0 Å². The highest BCUT2D eigenvalue weighted by Gasteiger charge is 2.32. The number of nitrogens with zero attached hydrogens (tertiary/aromatic N) is 4. The minimum absolute atomic E-state index is 0.0183. The van der Waals surface area contributed by atoms with Gasteiger partial charge in [-0.1, -0.05) is 25.0 Å². The molecule has 0 saturated heterocycles. The molecule has 1 aromatic heterocycles. The summed E-state index contributed by atoms with van der Waals surface area (Å²) in [5, 5.41) is 6.04. The highest BCUT2D eigenvalue weighted by Crippen LogP contribution is 2.25. The molecule has 13 heteroatoms. The van der Waals surface area contributed by atoms with Gasteiger partial charge in [0.2, 0.25) is 11.8 Å². The molecule has 1 fully saturated rings. The van der Waals surface area contributed by atoms with Gasteiger partial charge in [-0.3, -0.25) is 19.3 Å². The van der Waals surface area contributed by atoms with Crippen molar-refractivity contribution >= 4 is 53.0 Å². The van der Waals surface area contributed by atoms with Gasteiger partial charge < -0.3 is 30.0 Å². The van der Waals surface area contributed by atoms with E-state index >= 15 is 0 Å². The van der Waals surface area contributed by atoms with Crippen LogP contribution in [0, 0.1) is 5.92 Å². The Balaban J connectivity index is 1.19. The Morgan fingerprint density at radius 1 is 1.00 bits per heavy atom. The van der Waals surface area contributed by atoms with E-state index < -0.39 is 0 Å². The molecule has 3 N–H and O–H groups in total. The molecular weight excluding hydrogens is 646 g/mol. The van der Waals surface area contributed by atoms with Crippen molar-refractivity contribution in [2.75, 3.05) is 64.4 Å². The Morgan fingerprint density at radius 2 is 1.73 bits per heavy atom. The van der Waals surface area contributed by atoms with Gasteiger partial charge in [0.25, 0.3) is 5.91 Å². The Bertz CT molecular complexity index is 1420. The van der Waals surface area contributed by atoms with Crippen molar-refractivity contribution < 1.29 is 23.9 Å². The van der Waals surface area contributed by atoms with Gasteiger partial charge in [0.1, 0.15) is 18.1 Å². The first-order chi connectivity index (χ1) is 23.8. The molecule has 2 aromatic rings. The number of anilines is 1. The van der Waals surface area contributed by atoms with Gasteiger partial charge in [-0.2, -0.15) is 0 Å². The molecule has 12 nitrogen and oxygen atoms in total. The Labute approximate surface area is 294 Å². The number of ether oxygens (including phenoxy) is 2. The van der Waals surface area contributed by atoms with Gasteiger partial charge in [0.05, 0.1) is 38.0 Å². The standard InChI is InChI=1S/C36H50ClN7O5/c1-43(2)31-14-7-27(8-15-31)23-32-36(47)44(33(42-32)16-13-30-24-38-26-40-30)25-34(45)41-29-11-9-28(10-12-29)35(46)39-18-20-49-22-21-48-19-6-4-3-5-17-37/h7-8,13-16,23-24,26,28-29H,3-6,9-12,17-22,25H2,1-2H3,(H,38,40)(H,39,46)(H,41,45)/b16-13+,32-23-. The van der Waals surface area contributed by atoms with Crippen molar-refractivity contribution in [3.63, 3.8) is 0 Å². The number of carbonyl (C=O) groups excluding carboxylic acids is 3. The Hall–Kier alpha value is -4.00. The fraction of sp³-hybridized carbons (Fsp3) is 0.528. The summed E-state index contributed by atoms with van der Waals surface area (Å²) in [6.07, 6.45) is 15.5. The molecule has 0 radical (unpaired) electrons. The van der Waals surface area contributed by atoms with Crippen LogP contribution < -0.4 is 15.5 Å². The van der Waals surface area contributed by atoms with Crippen LogP contribution in [0.4, 0.5) is 5.69 Å². The van der Waals surface area contributed by atoms with E-state index in [9.17, 15) is 14.4 Å². The topological polar surface area (TPSA) is 141 Å². The first kappa shape index (κ1) is 37.8.